The first-order chi connectivity index (χ1) is 8.76. The number of rotatable bonds is 3. The summed E-state index contributed by atoms with van der Waals surface area (Å²) in [6, 6.07) is 9.97. The maximum absolute atomic E-state index is 11.8. The first-order valence-electron chi connectivity index (χ1n) is 6.04. The van der Waals surface area contributed by atoms with Gasteiger partial charge in [0.05, 0.1) is 11.6 Å². The number of hydrogen-bond donors (Lipinski definition) is 1. The summed E-state index contributed by atoms with van der Waals surface area (Å²) in [5, 5.41) is 12.9. The Bertz CT molecular complexity index is 647. The van der Waals surface area contributed by atoms with Gasteiger partial charge in [-0.1, -0.05) is 6.07 Å². The quantitative estimate of drug-likeness (QED) is 0.887. The normalized spacial score (nSPS) is 14.4. The van der Waals surface area contributed by atoms with E-state index in [0.717, 1.165) is 23.7 Å². The van der Waals surface area contributed by atoms with Crippen molar-refractivity contribution in [3.05, 3.63) is 36.0 Å². The lowest BCUT2D eigenvalue weighted by Gasteiger charge is -2.06. The summed E-state index contributed by atoms with van der Waals surface area (Å²) >= 11 is 0. The average Bonchev–Trinajstić information content (AvgIpc) is 3.10. The Kier molecular flexibility index (Phi) is 2.52. The average molecular weight is 239 g/mol. The van der Waals surface area contributed by atoms with Crippen LogP contribution in [0.3, 0.4) is 0 Å². The van der Waals surface area contributed by atoms with Crippen LogP contribution in [-0.4, -0.2) is 16.5 Å². The standard InChI is InChI=1S/C14H13N3O/c15-8-10-1-2-11-5-6-17(13(11)7-10)9-14(18)16-12-3-4-12/h1-2,5-7,12H,3-4,9H2,(H,16,18). The maximum atomic E-state index is 11.8. The van der Waals surface area contributed by atoms with Crippen LogP contribution in [-0.2, 0) is 11.3 Å². The Balaban J connectivity index is 1.86. The fourth-order valence-electron chi connectivity index (χ4n) is 2.05. The number of carbonyl (C=O) groups is 1. The summed E-state index contributed by atoms with van der Waals surface area (Å²) in [6.07, 6.45) is 4.08. The zero-order valence-corrected chi connectivity index (χ0v) is 9.89. The van der Waals surface area contributed by atoms with Crippen LogP contribution in [0.2, 0.25) is 0 Å². The van der Waals surface area contributed by atoms with Crippen molar-refractivity contribution in [2.75, 3.05) is 0 Å². The number of nitrogens with one attached hydrogen (secondary N) is 1. The Labute approximate surface area is 105 Å². The van der Waals surface area contributed by atoms with Crippen LogP contribution in [0.1, 0.15) is 18.4 Å². The van der Waals surface area contributed by atoms with E-state index in [9.17, 15) is 4.79 Å². The zero-order chi connectivity index (χ0) is 12.5. The fraction of sp³-hybridized carbons (Fsp3) is 0.286. The van der Waals surface area contributed by atoms with Crippen molar-refractivity contribution in [1.82, 2.24) is 9.88 Å². The number of nitrogens with zero attached hydrogens (tertiary/aromatic N) is 2. The Morgan fingerprint density at radius 1 is 1.44 bits per heavy atom. The molecule has 0 saturated heterocycles. The van der Waals surface area contributed by atoms with E-state index in [4.69, 9.17) is 5.26 Å². The highest BCUT2D eigenvalue weighted by atomic mass is 16.2. The molecule has 1 saturated carbocycles. The second kappa shape index (κ2) is 4.19. The molecule has 0 aliphatic heterocycles. The summed E-state index contributed by atoms with van der Waals surface area (Å²) in [5.41, 5.74) is 1.55. The molecule has 4 nitrogen and oxygen atoms in total. The van der Waals surface area contributed by atoms with Gasteiger partial charge in [-0.05, 0) is 36.4 Å². The Morgan fingerprint density at radius 2 is 2.28 bits per heavy atom. The van der Waals surface area contributed by atoms with Gasteiger partial charge in [-0.3, -0.25) is 4.79 Å². The zero-order valence-electron chi connectivity index (χ0n) is 9.89. The number of aromatic nitrogens is 1. The van der Waals surface area contributed by atoms with Crippen LogP contribution in [0.25, 0.3) is 10.9 Å². The third-order valence-corrected chi connectivity index (χ3v) is 3.16. The van der Waals surface area contributed by atoms with Crippen molar-refractivity contribution in [3.63, 3.8) is 0 Å². The van der Waals surface area contributed by atoms with E-state index < -0.39 is 0 Å². The van der Waals surface area contributed by atoms with Crippen LogP contribution in [0.15, 0.2) is 30.5 Å². The lowest BCUT2D eigenvalue weighted by molar-refractivity contribution is -0.121. The molecule has 1 aromatic carbocycles. The molecule has 1 heterocycles. The molecular weight excluding hydrogens is 226 g/mol. The molecule has 18 heavy (non-hydrogen) atoms. The van der Waals surface area contributed by atoms with E-state index in [2.05, 4.69) is 11.4 Å². The second-order valence-corrected chi connectivity index (χ2v) is 4.67. The molecule has 0 atom stereocenters. The highest BCUT2D eigenvalue weighted by molar-refractivity contribution is 5.84. The van der Waals surface area contributed by atoms with Crippen molar-refractivity contribution in [2.45, 2.75) is 25.4 Å². The molecule has 1 aromatic heterocycles. The lowest BCUT2D eigenvalue weighted by atomic mass is 10.2. The molecule has 3 rings (SSSR count). The van der Waals surface area contributed by atoms with E-state index in [1.165, 1.54) is 0 Å². The van der Waals surface area contributed by atoms with E-state index >= 15 is 0 Å². The van der Waals surface area contributed by atoms with Crippen LogP contribution in [0, 0.1) is 11.3 Å². The molecular formula is C14H13N3O. The van der Waals surface area contributed by atoms with Gasteiger partial charge in [-0.25, -0.2) is 0 Å². The number of carbonyl (C=O) groups excluding carboxylic acids is 1. The van der Waals surface area contributed by atoms with Crippen LogP contribution in [0.4, 0.5) is 0 Å². The summed E-state index contributed by atoms with van der Waals surface area (Å²) in [7, 11) is 0. The van der Waals surface area contributed by atoms with Crippen molar-refractivity contribution in [1.29, 1.82) is 5.26 Å². The number of amides is 1. The van der Waals surface area contributed by atoms with E-state index in [0.29, 0.717) is 18.2 Å². The topological polar surface area (TPSA) is 57.8 Å². The third-order valence-electron chi connectivity index (χ3n) is 3.16. The molecule has 4 heteroatoms. The number of nitriles is 1. The molecule has 1 N–H and O–H groups in total. The largest absolute Gasteiger partial charge is 0.352 e. The molecule has 1 aliphatic carbocycles. The molecule has 1 aliphatic rings. The first-order valence-corrected chi connectivity index (χ1v) is 6.04. The van der Waals surface area contributed by atoms with Crippen LogP contribution >= 0.6 is 0 Å². The van der Waals surface area contributed by atoms with Gasteiger partial charge in [0.1, 0.15) is 6.54 Å². The third kappa shape index (κ3) is 2.07. The Morgan fingerprint density at radius 3 is 3.00 bits per heavy atom. The summed E-state index contributed by atoms with van der Waals surface area (Å²) < 4.78 is 1.88. The number of benzene rings is 1. The first kappa shape index (κ1) is 10.8. The van der Waals surface area contributed by atoms with Gasteiger partial charge in [0.15, 0.2) is 0 Å². The molecule has 0 unspecified atom stereocenters. The van der Waals surface area contributed by atoms with Crippen molar-refractivity contribution in [3.8, 4) is 6.07 Å². The van der Waals surface area contributed by atoms with Gasteiger partial charge >= 0.3 is 0 Å². The second-order valence-electron chi connectivity index (χ2n) is 4.67. The van der Waals surface area contributed by atoms with Crippen molar-refractivity contribution >= 4 is 16.8 Å². The van der Waals surface area contributed by atoms with Crippen LogP contribution in [0.5, 0.6) is 0 Å². The van der Waals surface area contributed by atoms with Crippen molar-refractivity contribution in [2.24, 2.45) is 0 Å². The number of fused-ring (bicyclic) bond motifs is 1. The number of hydrogen-bond acceptors (Lipinski definition) is 2. The molecule has 0 radical (unpaired) electrons. The van der Waals surface area contributed by atoms with E-state index in [1.54, 1.807) is 6.07 Å². The maximum Gasteiger partial charge on any atom is 0.240 e. The monoisotopic (exact) mass is 239 g/mol. The summed E-state index contributed by atoms with van der Waals surface area (Å²) in [6.45, 7) is 0.314. The van der Waals surface area contributed by atoms with Gasteiger partial charge < -0.3 is 9.88 Å². The van der Waals surface area contributed by atoms with Gasteiger partial charge in [-0.2, -0.15) is 5.26 Å². The molecule has 0 bridgehead atoms. The smallest absolute Gasteiger partial charge is 0.240 e. The van der Waals surface area contributed by atoms with E-state index in [1.807, 2.05) is 29.0 Å². The molecule has 2 aromatic rings. The van der Waals surface area contributed by atoms with Crippen molar-refractivity contribution < 1.29 is 4.79 Å². The minimum absolute atomic E-state index is 0.0392. The minimum atomic E-state index is 0.0392. The highest BCUT2D eigenvalue weighted by Crippen LogP contribution is 2.20. The molecule has 90 valence electrons. The SMILES string of the molecule is N#Cc1ccc2ccn(CC(=O)NC3CC3)c2c1. The van der Waals surface area contributed by atoms with Gasteiger partial charge in [0.2, 0.25) is 5.91 Å². The van der Waals surface area contributed by atoms with Gasteiger partial charge in [0, 0.05) is 17.8 Å². The van der Waals surface area contributed by atoms with E-state index in [-0.39, 0.29) is 5.91 Å². The minimum Gasteiger partial charge on any atom is -0.352 e. The molecule has 0 spiro atoms. The fourth-order valence-corrected chi connectivity index (χ4v) is 2.05. The molecule has 1 amide bonds. The predicted octanol–water partition coefficient (Wildman–Crippen LogP) is 1.79. The summed E-state index contributed by atoms with van der Waals surface area (Å²) in [5.74, 6) is 0.0392. The van der Waals surface area contributed by atoms with Gasteiger partial charge in [0.25, 0.3) is 0 Å². The Hall–Kier alpha value is -2.28. The van der Waals surface area contributed by atoms with Crippen LogP contribution < -0.4 is 5.32 Å². The van der Waals surface area contributed by atoms with Gasteiger partial charge in [-0.15, -0.1) is 0 Å². The lowest BCUT2D eigenvalue weighted by Crippen LogP contribution is -2.29. The summed E-state index contributed by atoms with van der Waals surface area (Å²) in [4.78, 5) is 11.8. The molecule has 1 fully saturated rings. The predicted molar refractivity (Wildman–Crippen MR) is 67.8 cm³/mol. The highest BCUT2D eigenvalue weighted by Gasteiger charge is 2.23.